The van der Waals surface area contributed by atoms with Gasteiger partial charge in [0.1, 0.15) is 0 Å². The molecule has 0 atom stereocenters. The van der Waals surface area contributed by atoms with Crippen molar-refractivity contribution in [3.05, 3.63) is 36.0 Å². The summed E-state index contributed by atoms with van der Waals surface area (Å²) in [6.45, 7) is 3.19. The van der Waals surface area contributed by atoms with E-state index in [-0.39, 0.29) is 12.2 Å². The summed E-state index contributed by atoms with van der Waals surface area (Å²) in [5.74, 6) is -0.655. The maximum absolute atomic E-state index is 11.6. The number of rotatable bonds is 6. The molecule has 0 aliphatic carbocycles. The van der Waals surface area contributed by atoms with Gasteiger partial charge in [0, 0.05) is 23.4 Å². The van der Waals surface area contributed by atoms with E-state index in [2.05, 4.69) is 22.0 Å². The van der Waals surface area contributed by atoms with Gasteiger partial charge in [-0.3, -0.25) is 4.79 Å². The second-order valence-electron chi connectivity index (χ2n) is 3.82. The molecule has 1 N–H and O–H groups in total. The number of nitrogens with one attached hydrogen (secondary N) is 1. The number of thiazole rings is 1. The van der Waals surface area contributed by atoms with E-state index in [9.17, 15) is 13.2 Å². The first-order valence-electron chi connectivity index (χ1n) is 5.60. The second kappa shape index (κ2) is 5.97. The molecule has 2 aromatic rings. The number of nitrogens with zero attached hydrogens (tertiary/aromatic N) is 3. The molecule has 9 heteroatoms. The summed E-state index contributed by atoms with van der Waals surface area (Å²) < 4.78 is 23.9. The summed E-state index contributed by atoms with van der Waals surface area (Å²) in [4.78, 5) is 15.7. The fourth-order valence-corrected chi connectivity index (χ4v) is 2.57. The van der Waals surface area contributed by atoms with Crippen molar-refractivity contribution in [1.29, 1.82) is 0 Å². The molecule has 0 bridgehead atoms. The third-order valence-electron chi connectivity index (χ3n) is 2.35. The number of hydrogen-bond donors (Lipinski definition) is 1. The zero-order valence-electron chi connectivity index (χ0n) is 10.4. The second-order valence-corrected chi connectivity index (χ2v) is 6.76. The quantitative estimate of drug-likeness (QED) is 0.865. The molecule has 106 valence electrons. The average Bonchev–Trinajstić information content (AvgIpc) is 3.07. The molecule has 2 rings (SSSR count). The first-order valence-corrected chi connectivity index (χ1v) is 8.19. The molecule has 0 saturated carbocycles. The van der Waals surface area contributed by atoms with Crippen molar-refractivity contribution in [2.45, 2.75) is 6.42 Å². The lowest BCUT2D eigenvalue weighted by Gasteiger charge is -2.01. The van der Waals surface area contributed by atoms with Gasteiger partial charge in [-0.05, 0) is 0 Å². The van der Waals surface area contributed by atoms with E-state index in [1.807, 2.05) is 5.38 Å². The van der Waals surface area contributed by atoms with Gasteiger partial charge in [0.05, 0.1) is 23.8 Å². The van der Waals surface area contributed by atoms with Crippen LogP contribution in [0.15, 0.2) is 36.0 Å². The topological polar surface area (TPSA) is 94.0 Å². The predicted octanol–water partition coefficient (Wildman–Crippen LogP) is 1.22. The molecule has 0 aliphatic heterocycles. The van der Waals surface area contributed by atoms with E-state index in [1.54, 1.807) is 12.4 Å². The van der Waals surface area contributed by atoms with Crippen LogP contribution in [0.4, 0.5) is 5.69 Å². The van der Waals surface area contributed by atoms with Gasteiger partial charge >= 0.3 is 0 Å². The van der Waals surface area contributed by atoms with Crippen LogP contribution >= 0.6 is 11.3 Å². The van der Waals surface area contributed by atoms with E-state index < -0.39 is 15.7 Å². The van der Waals surface area contributed by atoms with Gasteiger partial charge in [0.15, 0.2) is 9.84 Å². The molecule has 0 fully saturated rings. The third-order valence-corrected chi connectivity index (χ3v) is 4.39. The smallest absolute Gasteiger partial charge is 0.225 e. The van der Waals surface area contributed by atoms with E-state index in [4.69, 9.17) is 0 Å². The monoisotopic (exact) mass is 312 g/mol. The summed E-state index contributed by atoms with van der Waals surface area (Å²) in [6.07, 6.45) is 4.61. The SMILES string of the molecule is C=CS(=O)(=O)CCC(=O)Nc1cnn(-c2nccs2)c1. The highest BCUT2D eigenvalue weighted by molar-refractivity contribution is 7.94. The lowest BCUT2D eigenvalue weighted by Crippen LogP contribution is -2.15. The highest BCUT2D eigenvalue weighted by Gasteiger charge is 2.11. The molecule has 20 heavy (non-hydrogen) atoms. The van der Waals surface area contributed by atoms with Gasteiger partial charge in [0.2, 0.25) is 11.0 Å². The molecule has 2 aromatic heterocycles. The Morgan fingerprint density at radius 3 is 3.00 bits per heavy atom. The number of aromatic nitrogens is 3. The van der Waals surface area contributed by atoms with E-state index in [0.717, 1.165) is 5.41 Å². The Morgan fingerprint density at radius 1 is 1.55 bits per heavy atom. The molecule has 7 nitrogen and oxygen atoms in total. The molecule has 0 radical (unpaired) electrons. The first-order chi connectivity index (χ1) is 9.50. The number of sulfone groups is 1. The van der Waals surface area contributed by atoms with Crippen molar-refractivity contribution in [3.8, 4) is 5.13 Å². The van der Waals surface area contributed by atoms with E-state index in [1.165, 1.54) is 22.2 Å². The van der Waals surface area contributed by atoms with Crippen molar-refractivity contribution in [2.75, 3.05) is 11.1 Å². The van der Waals surface area contributed by atoms with Crippen molar-refractivity contribution in [1.82, 2.24) is 14.8 Å². The van der Waals surface area contributed by atoms with Crippen LogP contribution in [0.25, 0.3) is 5.13 Å². The summed E-state index contributed by atoms with van der Waals surface area (Å²) in [7, 11) is -3.36. The Kier molecular flexibility index (Phi) is 4.30. The number of hydrogen-bond acceptors (Lipinski definition) is 6. The summed E-state index contributed by atoms with van der Waals surface area (Å²) in [6, 6.07) is 0. The molecule has 0 aromatic carbocycles. The largest absolute Gasteiger partial charge is 0.323 e. The fraction of sp³-hybridized carbons (Fsp3) is 0.182. The highest BCUT2D eigenvalue weighted by Crippen LogP contribution is 2.13. The lowest BCUT2D eigenvalue weighted by atomic mass is 10.4. The highest BCUT2D eigenvalue weighted by atomic mass is 32.2. The average molecular weight is 312 g/mol. The standard InChI is InChI=1S/C11H12N4O3S2/c1-2-20(17,18)6-3-10(16)14-9-7-13-15(8-9)11-12-4-5-19-11/h2,4-5,7-8H,1,3,6H2,(H,14,16). The van der Waals surface area contributed by atoms with Crippen LogP contribution < -0.4 is 5.32 Å². The van der Waals surface area contributed by atoms with Gasteiger partial charge < -0.3 is 5.32 Å². The fourth-order valence-electron chi connectivity index (χ4n) is 1.36. The van der Waals surface area contributed by atoms with Gasteiger partial charge in [-0.2, -0.15) is 5.10 Å². The normalized spacial score (nSPS) is 11.2. The van der Waals surface area contributed by atoms with Gasteiger partial charge in [-0.1, -0.05) is 6.58 Å². The van der Waals surface area contributed by atoms with Crippen LogP contribution in [-0.2, 0) is 14.6 Å². The molecule has 0 aliphatic rings. The Balaban J connectivity index is 1.94. The minimum absolute atomic E-state index is 0.128. The zero-order chi connectivity index (χ0) is 14.6. The minimum Gasteiger partial charge on any atom is -0.323 e. The lowest BCUT2D eigenvalue weighted by molar-refractivity contribution is -0.115. The minimum atomic E-state index is -3.36. The first kappa shape index (κ1) is 14.4. The number of carbonyl (C=O) groups is 1. The molecule has 0 saturated heterocycles. The van der Waals surface area contributed by atoms with Gasteiger partial charge in [-0.15, -0.1) is 11.3 Å². The molecular formula is C11H12N4O3S2. The Morgan fingerprint density at radius 2 is 2.35 bits per heavy atom. The van der Waals surface area contributed by atoms with E-state index >= 15 is 0 Å². The van der Waals surface area contributed by atoms with Crippen LogP contribution in [-0.4, -0.2) is 34.8 Å². The molecule has 2 heterocycles. The maximum Gasteiger partial charge on any atom is 0.225 e. The van der Waals surface area contributed by atoms with Gasteiger partial charge in [0.25, 0.3) is 0 Å². The van der Waals surface area contributed by atoms with E-state index in [0.29, 0.717) is 10.8 Å². The Labute approximate surface area is 119 Å². The molecule has 0 spiro atoms. The third kappa shape index (κ3) is 3.75. The molecule has 0 unspecified atom stereocenters. The summed E-state index contributed by atoms with van der Waals surface area (Å²) in [5.41, 5.74) is 0.487. The molecular weight excluding hydrogens is 300 g/mol. The van der Waals surface area contributed by atoms with Crippen LogP contribution in [0.2, 0.25) is 0 Å². The summed E-state index contributed by atoms with van der Waals surface area (Å²) in [5, 5.41) is 9.97. The van der Waals surface area contributed by atoms with Crippen molar-refractivity contribution in [3.63, 3.8) is 0 Å². The maximum atomic E-state index is 11.6. The van der Waals surface area contributed by atoms with Crippen molar-refractivity contribution < 1.29 is 13.2 Å². The van der Waals surface area contributed by atoms with Crippen LogP contribution in [0.1, 0.15) is 6.42 Å². The Bertz CT molecular complexity index is 704. The number of amides is 1. The number of anilines is 1. The Hall–Kier alpha value is -2.00. The van der Waals surface area contributed by atoms with Crippen molar-refractivity contribution >= 4 is 32.8 Å². The summed E-state index contributed by atoms with van der Waals surface area (Å²) >= 11 is 1.41. The number of carbonyl (C=O) groups excluding carboxylic acids is 1. The molecule has 1 amide bonds. The van der Waals surface area contributed by atoms with Gasteiger partial charge in [-0.25, -0.2) is 18.1 Å². The zero-order valence-corrected chi connectivity index (χ0v) is 12.0. The van der Waals surface area contributed by atoms with Crippen molar-refractivity contribution in [2.24, 2.45) is 0 Å². The van der Waals surface area contributed by atoms with Crippen LogP contribution in [0.5, 0.6) is 0 Å². The predicted molar refractivity (Wildman–Crippen MR) is 76.5 cm³/mol. The van der Waals surface area contributed by atoms with Crippen LogP contribution in [0.3, 0.4) is 0 Å². The van der Waals surface area contributed by atoms with Crippen LogP contribution in [0, 0.1) is 0 Å².